The molecule has 2 nitrogen and oxygen atoms in total. The highest BCUT2D eigenvalue weighted by Gasteiger charge is 2.24. The van der Waals surface area contributed by atoms with Gasteiger partial charge in [0.05, 0.1) is 6.10 Å². The van der Waals surface area contributed by atoms with Gasteiger partial charge in [-0.15, -0.1) is 0 Å². The lowest BCUT2D eigenvalue weighted by molar-refractivity contribution is 0.0240. The molecule has 0 amide bonds. The molecule has 0 rings (SSSR count). The molecule has 0 spiro atoms. The fraction of sp³-hybridized carbons (Fsp3) is 1.00. The Balaban J connectivity index is 3.62. The highest BCUT2D eigenvalue weighted by Crippen LogP contribution is 2.12. The first kappa shape index (κ1) is 7.85. The Kier molecular flexibility index (Phi) is 2.37. The number of halogens is 1. The van der Waals surface area contributed by atoms with Crippen LogP contribution < -0.4 is 5.73 Å². The zero-order valence-corrected chi connectivity index (χ0v) is 5.19. The molecule has 0 aliphatic rings. The van der Waals surface area contributed by atoms with Gasteiger partial charge in [-0.05, 0) is 13.8 Å². The second-order valence-electron chi connectivity index (χ2n) is 2.32. The van der Waals surface area contributed by atoms with Crippen molar-refractivity contribution in [1.29, 1.82) is 0 Å². The fourth-order valence-electron chi connectivity index (χ4n) is 0.280. The number of rotatable bonds is 2. The van der Waals surface area contributed by atoms with Crippen molar-refractivity contribution < 1.29 is 9.50 Å². The van der Waals surface area contributed by atoms with Crippen LogP contribution in [0.25, 0.3) is 0 Å². The van der Waals surface area contributed by atoms with Crippen molar-refractivity contribution in [1.82, 2.24) is 0 Å². The van der Waals surface area contributed by atoms with E-state index in [2.05, 4.69) is 0 Å². The first-order chi connectivity index (χ1) is 3.48. The van der Waals surface area contributed by atoms with Crippen LogP contribution in [0.5, 0.6) is 0 Å². The summed E-state index contributed by atoms with van der Waals surface area (Å²) in [5.74, 6) is 0. The quantitative estimate of drug-likeness (QED) is 0.542. The van der Waals surface area contributed by atoms with Crippen molar-refractivity contribution in [2.75, 3.05) is 6.54 Å². The first-order valence-corrected chi connectivity index (χ1v) is 2.55. The molecule has 0 aromatic heterocycles. The molecular formula is C5H12FNO. The summed E-state index contributed by atoms with van der Waals surface area (Å²) in [5.41, 5.74) is 3.41. The molecule has 0 heterocycles. The summed E-state index contributed by atoms with van der Waals surface area (Å²) < 4.78 is 12.5. The molecule has 0 saturated heterocycles. The third-order valence-corrected chi connectivity index (χ3v) is 1.02. The Hall–Kier alpha value is -0.150. The zero-order chi connectivity index (χ0) is 6.78. The van der Waals surface area contributed by atoms with Crippen LogP contribution in [0.2, 0.25) is 0 Å². The van der Waals surface area contributed by atoms with Gasteiger partial charge in [0.15, 0.2) is 0 Å². The minimum absolute atomic E-state index is 0.0243. The predicted molar refractivity (Wildman–Crippen MR) is 30.2 cm³/mol. The van der Waals surface area contributed by atoms with Crippen molar-refractivity contribution in [2.24, 2.45) is 5.73 Å². The molecule has 3 N–H and O–H groups in total. The van der Waals surface area contributed by atoms with E-state index in [0.717, 1.165) is 0 Å². The number of aliphatic hydroxyl groups is 1. The summed E-state index contributed by atoms with van der Waals surface area (Å²) in [4.78, 5) is 0. The third kappa shape index (κ3) is 2.23. The number of nitrogens with two attached hydrogens (primary N) is 1. The summed E-state index contributed by atoms with van der Waals surface area (Å²) in [7, 11) is 0. The van der Waals surface area contributed by atoms with Crippen molar-refractivity contribution in [3.63, 3.8) is 0 Å². The molecule has 0 aliphatic heterocycles. The van der Waals surface area contributed by atoms with Gasteiger partial charge >= 0.3 is 0 Å². The average molecular weight is 121 g/mol. The summed E-state index contributed by atoms with van der Waals surface area (Å²) in [5, 5.41) is 8.69. The van der Waals surface area contributed by atoms with E-state index >= 15 is 0 Å². The summed E-state index contributed by atoms with van der Waals surface area (Å²) >= 11 is 0. The maximum absolute atomic E-state index is 12.5. The molecule has 0 fully saturated rings. The molecule has 0 unspecified atom stereocenters. The number of alkyl halides is 1. The summed E-state index contributed by atoms with van der Waals surface area (Å²) in [6.07, 6.45) is -1.04. The van der Waals surface area contributed by atoms with Gasteiger partial charge in [0.1, 0.15) is 5.67 Å². The molecule has 0 aromatic rings. The molecule has 50 valence electrons. The van der Waals surface area contributed by atoms with Crippen LogP contribution in [0.3, 0.4) is 0 Å². The Labute approximate surface area is 48.5 Å². The van der Waals surface area contributed by atoms with Crippen LogP contribution in [0, 0.1) is 0 Å². The summed E-state index contributed by atoms with van der Waals surface area (Å²) in [6, 6.07) is 0. The molecule has 8 heavy (non-hydrogen) atoms. The molecule has 1 atom stereocenters. The largest absolute Gasteiger partial charge is 0.388 e. The van der Waals surface area contributed by atoms with Gasteiger partial charge in [-0.3, -0.25) is 0 Å². The molecule has 0 radical (unpaired) electrons. The van der Waals surface area contributed by atoms with Crippen LogP contribution in [-0.4, -0.2) is 23.4 Å². The van der Waals surface area contributed by atoms with E-state index in [1.54, 1.807) is 0 Å². The van der Waals surface area contributed by atoms with E-state index in [0.29, 0.717) is 0 Å². The third-order valence-electron chi connectivity index (χ3n) is 1.02. The maximum atomic E-state index is 12.5. The highest BCUT2D eigenvalue weighted by atomic mass is 19.1. The highest BCUT2D eigenvalue weighted by molar-refractivity contribution is 4.76. The molecule has 0 saturated carbocycles. The van der Waals surface area contributed by atoms with Gasteiger partial charge in [-0.1, -0.05) is 0 Å². The van der Waals surface area contributed by atoms with E-state index < -0.39 is 11.8 Å². The Bertz CT molecular complexity index is 69.3. The standard InChI is InChI=1S/C5H12FNO/c1-5(2,6)4(8)3-7/h4,8H,3,7H2,1-2H3/t4-/m0/s1. The van der Waals surface area contributed by atoms with Gasteiger partial charge < -0.3 is 10.8 Å². The SMILES string of the molecule is CC(C)(F)[C@@H](O)CN. The van der Waals surface area contributed by atoms with E-state index in [1.807, 2.05) is 0 Å². The van der Waals surface area contributed by atoms with Gasteiger partial charge in [0.2, 0.25) is 0 Å². The van der Waals surface area contributed by atoms with Crippen LogP contribution in [0.15, 0.2) is 0 Å². The Morgan fingerprint density at radius 2 is 2.12 bits per heavy atom. The van der Waals surface area contributed by atoms with Crippen molar-refractivity contribution in [3.05, 3.63) is 0 Å². The molecule has 0 aromatic carbocycles. The molecule has 0 bridgehead atoms. The monoisotopic (exact) mass is 121 g/mol. The fourth-order valence-corrected chi connectivity index (χ4v) is 0.280. The maximum Gasteiger partial charge on any atom is 0.132 e. The van der Waals surface area contributed by atoms with Gasteiger partial charge in [-0.25, -0.2) is 4.39 Å². The van der Waals surface area contributed by atoms with Crippen LogP contribution in [-0.2, 0) is 0 Å². The molecule has 0 aliphatic carbocycles. The average Bonchev–Trinajstić information content (AvgIpc) is 1.62. The first-order valence-electron chi connectivity index (χ1n) is 2.55. The number of hydrogen-bond acceptors (Lipinski definition) is 2. The summed E-state index contributed by atoms with van der Waals surface area (Å²) in [6.45, 7) is 2.57. The van der Waals surface area contributed by atoms with Crippen molar-refractivity contribution in [2.45, 2.75) is 25.6 Å². The lowest BCUT2D eigenvalue weighted by Gasteiger charge is -2.19. The minimum atomic E-state index is -1.56. The predicted octanol–water partition coefficient (Wildman–Crippen LogP) is 0.0541. The molecule has 3 heteroatoms. The van der Waals surface area contributed by atoms with E-state index in [-0.39, 0.29) is 6.54 Å². The van der Waals surface area contributed by atoms with E-state index in [9.17, 15) is 4.39 Å². The zero-order valence-electron chi connectivity index (χ0n) is 5.19. The van der Waals surface area contributed by atoms with Crippen molar-refractivity contribution in [3.8, 4) is 0 Å². The normalized spacial score (nSPS) is 16.1. The number of aliphatic hydroxyl groups excluding tert-OH is 1. The Morgan fingerprint density at radius 3 is 2.12 bits per heavy atom. The van der Waals surface area contributed by atoms with E-state index in [4.69, 9.17) is 10.8 Å². The molecular weight excluding hydrogens is 109 g/mol. The van der Waals surface area contributed by atoms with E-state index in [1.165, 1.54) is 13.8 Å². The Morgan fingerprint density at radius 1 is 1.75 bits per heavy atom. The lowest BCUT2D eigenvalue weighted by Crippen LogP contribution is -2.37. The van der Waals surface area contributed by atoms with Crippen LogP contribution >= 0.6 is 0 Å². The van der Waals surface area contributed by atoms with Crippen LogP contribution in [0.1, 0.15) is 13.8 Å². The second kappa shape index (κ2) is 2.42. The topological polar surface area (TPSA) is 46.2 Å². The second-order valence-corrected chi connectivity index (χ2v) is 2.32. The minimum Gasteiger partial charge on any atom is -0.388 e. The van der Waals surface area contributed by atoms with Gasteiger partial charge in [-0.2, -0.15) is 0 Å². The smallest absolute Gasteiger partial charge is 0.132 e. The van der Waals surface area contributed by atoms with Crippen LogP contribution in [0.4, 0.5) is 4.39 Å². The number of hydrogen-bond donors (Lipinski definition) is 2. The van der Waals surface area contributed by atoms with Gasteiger partial charge in [0, 0.05) is 6.54 Å². The van der Waals surface area contributed by atoms with Gasteiger partial charge in [0.25, 0.3) is 0 Å². The lowest BCUT2D eigenvalue weighted by atomic mass is 10.1. The van der Waals surface area contributed by atoms with Crippen molar-refractivity contribution >= 4 is 0 Å².